The van der Waals surface area contributed by atoms with Gasteiger partial charge in [0.15, 0.2) is 0 Å². The van der Waals surface area contributed by atoms with Crippen molar-refractivity contribution in [1.29, 1.82) is 0 Å². The quantitative estimate of drug-likeness (QED) is 0.860. The monoisotopic (exact) mass is 219 g/mol. The molecule has 1 N–H and O–H groups in total. The summed E-state index contributed by atoms with van der Waals surface area (Å²) in [7, 11) is 0. The standard InChI is InChI=1S/C12H10FNO2/c13-10-5-3-9(4-6-10)12(15)14-8-11-2-1-7-16-11/h1-7H,8H2,(H,14,15). The van der Waals surface area contributed by atoms with E-state index in [-0.39, 0.29) is 11.7 Å². The molecular weight excluding hydrogens is 209 g/mol. The van der Waals surface area contributed by atoms with Crippen LogP contribution in [0.1, 0.15) is 16.1 Å². The number of amides is 1. The first-order chi connectivity index (χ1) is 7.75. The number of nitrogens with one attached hydrogen (secondary N) is 1. The molecule has 0 spiro atoms. The van der Waals surface area contributed by atoms with Gasteiger partial charge < -0.3 is 9.73 Å². The van der Waals surface area contributed by atoms with Crippen LogP contribution in [0.3, 0.4) is 0 Å². The molecule has 0 saturated carbocycles. The fourth-order valence-corrected chi connectivity index (χ4v) is 1.28. The molecule has 0 atom stereocenters. The molecule has 1 aromatic heterocycles. The second kappa shape index (κ2) is 4.61. The molecule has 82 valence electrons. The van der Waals surface area contributed by atoms with Gasteiger partial charge in [-0.1, -0.05) is 0 Å². The second-order valence-corrected chi connectivity index (χ2v) is 3.27. The van der Waals surface area contributed by atoms with E-state index < -0.39 is 0 Å². The van der Waals surface area contributed by atoms with Gasteiger partial charge in [0.05, 0.1) is 12.8 Å². The van der Waals surface area contributed by atoms with Gasteiger partial charge in [-0.25, -0.2) is 4.39 Å². The zero-order chi connectivity index (χ0) is 11.4. The lowest BCUT2D eigenvalue weighted by molar-refractivity contribution is 0.0948. The van der Waals surface area contributed by atoms with Gasteiger partial charge in [-0.15, -0.1) is 0 Å². The first kappa shape index (κ1) is 10.4. The minimum Gasteiger partial charge on any atom is -0.467 e. The zero-order valence-electron chi connectivity index (χ0n) is 8.44. The largest absolute Gasteiger partial charge is 0.467 e. The Morgan fingerprint density at radius 3 is 2.62 bits per heavy atom. The Labute approximate surface area is 91.9 Å². The van der Waals surface area contributed by atoms with E-state index >= 15 is 0 Å². The lowest BCUT2D eigenvalue weighted by Gasteiger charge is -2.02. The molecule has 0 radical (unpaired) electrons. The van der Waals surface area contributed by atoms with Gasteiger partial charge in [-0.2, -0.15) is 0 Å². The fraction of sp³-hybridized carbons (Fsp3) is 0.0833. The maximum atomic E-state index is 12.6. The first-order valence-corrected chi connectivity index (χ1v) is 4.82. The van der Waals surface area contributed by atoms with E-state index in [1.54, 1.807) is 18.4 Å². The Balaban J connectivity index is 1.95. The summed E-state index contributed by atoms with van der Waals surface area (Å²) < 4.78 is 17.7. The fourth-order valence-electron chi connectivity index (χ4n) is 1.28. The summed E-state index contributed by atoms with van der Waals surface area (Å²) >= 11 is 0. The van der Waals surface area contributed by atoms with Gasteiger partial charge in [-0.3, -0.25) is 4.79 Å². The van der Waals surface area contributed by atoms with E-state index in [1.165, 1.54) is 24.3 Å². The molecule has 0 saturated heterocycles. The van der Waals surface area contributed by atoms with E-state index in [1.807, 2.05) is 0 Å². The van der Waals surface area contributed by atoms with Crippen molar-refractivity contribution < 1.29 is 13.6 Å². The van der Waals surface area contributed by atoms with Crippen molar-refractivity contribution in [2.24, 2.45) is 0 Å². The Kier molecular flexibility index (Phi) is 3.00. The van der Waals surface area contributed by atoms with Gasteiger partial charge in [-0.05, 0) is 36.4 Å². The highest BCUT2D eigenvalue weighted by Crippen LogP contribution is 2.04. The highest BCUT2D eigenvalue weighted by atomic mass is 19.1. The normalized spacial score (nSPS) is 10.1. The van der Waals surface area contributed by atoms with Crippen LogP contribution in [0.4, 0.5) is 4.39 Å². The third-order valence-corrected chi connectivity index (χ3v) is 2.11. The number of hydrogen-bond donors (Lipinski definition) is 1. The lowest BCUT2D eigenvalue weighted by atomic mass is 10.2. The molecule has 2 aromatic rings. The maximum absolute atomic E-state index is 12.6. The van der Waals surface area contributed by atoms with E-state index in [9.17, 15) is 9.18 Å². The summed E-state index contributed by atoms with van der Waals surface area (Å²) in [6.07, 6.45) is 1.54. The Hall–Kier alpha value is -2.10. The van der Waals surface area contributed by atoms with E-state index in [2.05, 4.69) is 5.32 Å². The van der Waals surface area contributed by atoms with E-state index in [0.717, 1.165) is 0 Å². The first-order valence-electron chi connectivity index (χ1n) is 4.82. The SMILES string of the molecule is O=C(NCc1ccco1)c1ccc(F)cc1. The molecule has 0 aliphatic heterocycles. The number of halogens is 1. The number of carbonyl (C=O) groups is 1. The summed E-state index contributed by atoms with van der Waals surface area (Å²) in [5.41, 5.74) is 0.424. The molecular formula is C12H10FNO2. The van der Waals surface area contributed by atoms with Crippen LogP contribution in [0.25, 0.3) is 0 Å². The molecule has 0 fully saturated rings. The van der Waals surface area contributed by atoms with Crippen molar-refractivity contribution >= 4 is 5.91 Å². The van der Waals surface area contributed by atoms with Gasteiger partial charge in [0, 0.05) is 5.56 Å². The summed E-state index contributed by atoms with van der Waals surface area (Å²) in [4.78, 5) is 11.6. The smallest absolute Gasteiger partial charge is 0.251 e. The summed E-state index contributed by atoms with van der Waals surface area (Å²) in [5, 5.41) is 2.67. The van der Waals surface area contributed by atoms with Gasteiger partial charge >= 0.3 is 0 Å². The Morgan fingerprint density at radius 2 is 2.00 bits per heavy atom. The van der Waals surface area contributed by atoms with Crippen molar-refractivity contribution in [3.8, 4) is 0 Å². The van der Waals surface area contributed by atoms with Crippen LogP contribution in [0, 0.1) is 5.82 Å². The molecule has 0 aliphatic rings. The van der Waals surface area contributed by atoms with Gasteiger partial charge in [0.1, 0.15) is 11.6 Å². The van der Waals surface area contributed by atoms with Crippen molar-refractivity contribution in [2.45, 2.75) is 6.54 Å². The Bertz CT molecular complexity index is 462. The predicted octanol–water partition coefficient (Wildman–Crippen LogP) is 2.35. The van der Waals surface area contributed by atoms with Gasteiger partial charge in [0.25, 0.3) is 5.91 Å². The van der Waals surface area contributed by atoms with Crippen LogP contribution < -0.4 is 5.32 Å². The van der Waals surface area contributed by atoms with Crippen LogP contribution in [-0.2, 0) is 6.54 Å². The highest BCUT2D eigenvalue weighted by molar-refractivity contribution is 5.94. The summed E-state index contributed by atoms with van der Waals surface area (Å²) in [6.45, 7) is 0.323. The van der Waals surface area contributed by atoms with E-state index in [0.29, 0.717) is 17.9 Å². The van der Waals surface area contributed by atoms with Crippen molar-refractivity contribution in [1.82, 2.24) is 5.32 Å². The van der Waals surface area contributed by atoms with Crippen LogP contribution in [0.5, 0.6) is 0 Å². The summed E-state index contributed by atoms with van der Waals surface area (Å²) in [5.74, 6) is 0.0643. The highest BCUT2D eigenvalue weighted by Gasteiger charge is 2.05. The number of hydrogen-bond acceptors (Lipinski definition) is 2. The van der Waals surface area contributed by atoms with Crippen LogP contribution in [0.2, 0.25) is 0 Å². The summed E-state index contributed by atoms with van der Waals surface area (Å²) in [6, 6.07) is 8.90. The van der Waals surface area contributed by atoms with Gasteiger partial charge in [0.2, 0.25) is 0 Å². The minimum atomic E-state index is -0.359. The molecule has 3 nitrogen and oxygen atoms in total. The number of benzene rings is 1. The molecule has 1 amide bonds. The number of carbonyl (C=O) groups excluding carboxylic acids is 1. The molecule has 0 bridgehead atoms. The number of rotatable bonds is 3. The van der Waals surface area contributed by atoms with Crippen molar-refractivity contribution in [2.75, 3.05) is 0 Å². The second-order valence-electron chi connectivity index (χ2n) is 3.27. The molecule has 0 aliphatic carbocycles. The maximum Gasteiger partial charge on any atom is 0.251 e. The Morgan fingerprint density at radius 1 is 1.25 bits per heavy atom. The average Bonchev–Trinajstić information content (AvgIpc) is 2.80. The zero-order valence-corrected chi connectivity index (χ0v) is 8.44. The third kappa shape index (κ3) is 2.48. The molecule has 16 heavy (non-hydrogen) atoms. The van der Waals surface area contributed by atoms with Crippen LogP contribution in [0.15, 0.2) is 47.1 Å². The lowest BCUT2D eigenvalue weighted by Crippen LogP contribution is -2.22. The molecule has 1 heterocycles. The van der Waals surface area contributed by atoms with Crippen LogP contribution >= 0.6 is 0 Å². The third-order valence-electron chi connectivity index (χ3n) is 2.11. The van der Waals surface area contributed by atoms with Crippen LogP contribution in [-0.4, -0.2) is 5.91 Å². The minimum absolute atomic E-state index is 0.253. The van der Waals surface area contributed by atoms with Crippen molar-refractivity contribution in [3.63, 3.8) is 0 Å². The van der Waals surface area contributed by atoms with E-state index in [4.69, 9.17) is 4.42 Å². The van der Waals surface area contributed by atoms with Crippen molar-refractivity contribution in [3.05, 3.63) is 59.8 Å². The molecule has 1 aromatic carbocycles. The molecule has 4 heteroatoms. The number of furan rings is 1. The molecule has 2 rings (SSSR count). The molecule has 0 unspecified atom stereocenters. The topological polar surface area (TPSA) is 42.2 Å². The average molecular weight is 219 g/mol. The predicted molar refractivity (Wildman–Crippen MR) is 56.3 cm³/mol.